The van der Waals surface area contributed by atoms with E-state index in [2.05, 4.69) is 5.32 Å². The molecule has 9 heteroatoms. The Morgan fingerprint density at radius 1 is 1.42 bits per heavy atom. The molecule has 26 heavy (non-hydrogen) atoms. The highest BCUT2D eigenvalue weighted by Gasteiger charge is 2.54. The fraction of sp³-hybridized carbons (Fsp3) is 0.471. The lowest BCUT2D eigenvalue weighted by Gasteiger charge is -2.36. The van der Waals surface area contributed by atoms with Gasteiger partial charge < -0.3 is 11.1 Å². The molecule has 1 aromatic rings. The number of amides is 4. The fourth-order valence-electron chi connectivity index (χ4n) is 3.83. The Morgan fingerprint density at radius 3 is 2.77 bits per heavy atom. The van der Waals surface area contributed by atoms with E-state index in [1.165, 1.54) is 12.1 Å². The zero-order valence-corrected chi connectivity index (χ0v) is 14.4. The Labute approximate surface area is 149 Å². The van der Waals surface area contributed by atoms with Gasteiger partial charge in [-0.1, -0.05) is 19.8 Å². The Bertz CT molecular complexity index is 808. The number of nitrogens with one attached hydrogen (secondary N) is 1. The molecule has 2 atom stereocenters. The molecule has 1 aliphatic heterocycles. The zero-order chi connectivity index (χ0) is 19.1. The Morgan fingerprint density at radius 2 is 2.15 bits per heavy atom. The highest BCUT2D eigenvalue weighted by atomic mass is 16.6. The van der Waals surface area contributed by atoms with Gasteiger partial charge in [0.25, 0.3) is 11.6 Å². The maximum absolute atomic E-state index is 13.0. The Hall–Kier alpha value is -2.97. The summed E-state index contributed by atoms with van der Waals surface area (Å²) < 4.78 is 0. The topological polar surface area (TPSA) is 136 Å². The number of nitrogens with two attached hydrogens (primary N) is 1. The van der Waals surface area contributed by atoms with Crippen LogP contribution >= 0.6 is 0 Å². The van der Waals surface area contributed by atoms with Gasteiger partial charge in [-0.05, 0) is 30.9 Å². The maximum atomic E-state index is 13.0. The van der Waals surface area contributed by atoms with Gasteiger partial charge in [0.1, 0.15) is 5.54 Å². The van der Waals surface area contributed by atoms with E-state index in [0.717, 1.165) is 30.2 Å². The number of nitro benzene ring substituents is 1. The number of urea groups is 1. The van der Waals surface area contributed by atoms with Gasteiger partial charge in [0.15, 0.2) is 0 Å². The molecule has 0 aromatic heterocycles. The summed E-state index contributed by atoms with van der Waals surface area (Å²) in [6.07, 6.45) is 3.26. The first-order valence-electron chi connectivity index (χ1n) is 8.47. The summed E-state index contributed by atoms with van der Waals surface area (Å²) in [5.74, 6) is -1.13. The molecule has 0 bridgehead atoms. The molecule has 3 N–H and O–H groups in total. The summed E-state index contributed by atoms with van der Waals surface area (Å²) in [5.41, 5.74) is 4.06. The number of nitro groups is 1. The molecule has 1 heterocycles. The quantitative estimate of drug-likeness (QED) is 0.478. The van der Waals surface area contributed by atoms with Crippen molar-refractivity contribution in [3.63, 3.8) is 0 Å². The van der Waals surface area contributed by atoms with E-state index >= 15 is 0 Å². The SMILES string of the molecule is C[C@@H]1CCCC[C@@]12NC(=O)N(Cc1ccc(C(N)=O)cc1[N+](=O)[O-])C2=O. The van der Waals surface area contributed by atoms with Crippen molar-refractivity contribution in [1.29, 1.82) is 0 Å². The van der Waals surface area contributed by atoms with Crippen molar-refractivity contribution in [3.05, 3.63) is 39.4 Å². The number of carbonyl (C=O) groups is 3. The highest BCUT2D eigenvalue weighted by Crippen LogP contribution is 2.39. The molecule has 9 nitrogen and oxygen atoms in total. The van der Waals surface area contributed by atoms with Crippen molar-refractivity contribution in [2.24, 2.45) is 11.7 Å². The van der Waals surface area contributed by atoms with Gasteiger partial charge >= 0.3 is 6.03 Å². The molecule has 1 saturated carbocycles. The molecule has 1 spiro atoms. The highest BCUT2D eigenvalue weighted by molar-refractivity contribution is 6.07. The van der Waals surface area contributed by atoms with Crippen molar-refractivity contribution < 1.29 is 19.3 Å². The number of hydrogen-bond donors (Lipinski definition) is 2. The zero-order valence-electron chi connectivity index (χ0n) is 14.4. The number of nitrogens with zero attached hydrogens (tertiary/aromatic N) is 2. The summed E-state index contributed by atoms with van der Waals surface area (Å²) in [4.78, 5) is 48.3. The van der Waals surface area contributed by atoms with Crippen molar-refractivity contribution in [2.45, 2.75) is 44.7 Å². The van der Waals surface area contributed by atoms with Crippen molar-refractivity contribution in [3.8, 4) is 0 Å². The number of hydrogen-bond acceptors (Lipinski definition) is 5. The maximum Gasteiger partial charge on any atom is 0.325 e. The van der Waals surface area contributed by atoms with Gasteiger partial charge in [0.2, 0.25) is 5.91 Å². The Balaban J connectivity index is 1.92. The lowest BCUT2D eigenvalue weighted by molar-refractivity contribution is -0.385. The van der Waals surface area contributed by atoms with Crippen LogP contribution in [0.1, 0.15) is 48.5 Å². The number of carbonyl (C=O) groups excluding carboxylic acids is 3. The van der Waals surface area contributed by atoms with Crippen LogP contribution in [0.4, 0.5) is 10.5 Å². The van der Waals surface area contributed by atoms with Crippen LogP contribution < -0.4 is 11.1 Å². The van der Waals surface area contributed by atoms with Gasteiger partial charge in [-0.25, -0.2) is 4.79 Å². The number of primary amides is 1. The normalized spacial score (nSPS) is 25.4. The summed E-state index contributed by atoms with van der Waals surface area (Å²) >= 11 is 0. The first kappa shape index (κ1) is 17.8. The average molecular weight is 360 g/mol. The number of imide groups is 1. The molecule has 1 aliphatic carbocycles. The van der Waals surface area contributed by atoms with Crippen molar-refractivity contribution >= 4 is 23.5 Å². The Kier molecular flexibility index (Phi) is 4.39. The van der Waals surface area contributed by atoms with E-state index in [4.69, 9.17) is 5.73 Å². The minimum Gasteiger partial charge on any atom is -0.366 e. The van der Waals surface area contributed by atoms with E-state index in [1.807, 2.05) is 6.92 Å². The minimum absolute atomic E-state index is 0.00456. The molecule has 2 aliphatic rings. The van der Waals surface area contributed by atoms with Gasteiger partial charge in [0, 0.05) is 17.2 Å². The van der Waals surface area contributed by atoms with E-state index in [1.54, 1.807) is 0 Å². The molecule has 1 aromatic carbocycles. The number of benzene rings is 1. The van der Waals surface area contributed by atoms with Gasteiger partial charge in [-0.15, -0.1) is 0 Å². The molecule has 3 rings (SSSR count). The third kappa shape index (κ3) is 2.79. The van der Waals surface area contributed by atoms with Gasteiger partial charge in [-0.3, -0.25) is 24.6 Å². The second kappa shape index (κ2) is 6.40. The van der Waals surface area contributed by atoms with Gasteiger partial charge in [-0.2, -0.15) is 0 Å². The molecular formula is C17H20N4O5. The molecule has 2 fully saturated rings. The standard InChI is InChI=1S/C17H20N4O5/c1-10-4-2-3-7-17(10)15(23)20(16(24)19-17)9-12-6-5-11(14(18)22)8-13(12)21(25)26/h5-6,8,10H,2-4,7,9H2,1H3,(H2,18,22)(H,19,24)/t10-,17-/m1/s1. The minimum atomic E-state index is -0.919. The second-order valence-electron chi connectivity index (χ2n) is 6.90. The summed E-state index contributed by atoms with van der Waals surface area (Å²) in [5, 5.41) is 14.1. The first-order valence-corrected chi connectivity index (χ1v) is 8.47. The van der Waals surface area contributed by atoms with Crippen LogP contribution in [0.2, 0.25) is 0 Å². The predicted molar refractivity (Wildman–Crippen MR) is 91.1 cm³/mol. The molecule has 0 radical (unpaired) electrons. The van der Waals surface area contributed by atoms with Crippen LogP contribution in [0.25, 0.3) is 0 Å². The van der Waals surface area contributed by atoms with Crippen LogP contribution in [-0.4, -0.2) is 33.2 Å². The van der Waals surface area contributed by atoms with Crippen molar-refractivity contribution in [2.75, 3.05) is 0 Å². The summed E-state index contributed by atoms with van der Waals surface area (Å²) in [6, 6.07) is 3.22. The lowest BCUT2D eigenvalue weighted by atomic mass is 9.73. The van der Waals surface area contributed by atoms with Crippen LogP contribution in [0, 0.1) is 16.0 Å². The van der Waals surface area contributed by atoms with E-state index < -0.39 is 22.4 Å². The summed E-state index contributed by atoms with van der Waals surface area (Å²) in [7, 11) is 0. The third-order valence-electron chi connectivity index (χ3n) is 5.40. The molecule has 4 amide bonds. The third-order valence-corrected chi connectivity index (χ3v) is 5.40. The van der Waals surface area contributed by atoms with E-state index in [0.29, 0.717) is 6.42 Å². The van der Waals surface area contributed by atoms with Crippen LogP contribution in [0.15, 0.2) is 18.2 Å². The molecule has 0 unspecified atom stereocenters. The average Bonchev–Trinajstić information content (AvgIpc) is 2.82. The molecular weight excluding hydrogens is 340 g/mol. The van der Waals surface area contributed by atoms with Crippen LogP contribution in [0.5, 0.6) is 0 Å². The van der Waals surface area contributed by atoms with Crippen molar-refractivity contribution in [1.82, 2.24) is 10.2 Å². The molecule has 138 valence electrons. The molecule has 1 saturated heterocycles. The first-order chi connectivity index (χ1) is 12.3. The monoisotopic (exact) mass is 360 g/mol. The van der Waals surface area contributed by atoms with Crippen LogP contribution in [-0.2, 0) is 11.3 Å². The predicted octanol–water partition coefficient (Wildman–Crippen LogP) is 1.69. The second-order valence-corrected chi connectivity index (χ2v) is 6.90. The largest absolute Gasteiger partial charge is 0.366 e. The van der Waals surface area contributed by atoms with E-state index in [-0.39, 0.29) is 35.2 Å². The smallest absolute Gasteiger partial charge is 0.325 e. The lowest BCUT2D eigenvalue weighted by Crippen LogP contribution is -2.53. The van der Waals surface area contributed by atoms with Gasteiger partial charge in [0.05, 0.1) is 11.5 Å². The summed E-state index contributed by atoms with van der Waals surface area (Å²) in [6.45, 7) is 1.71. The van der Waals surface area contributed by atoms with Crippen LogP contribution in [0.3, 0.4) is 0 Å². The fourth-order valence-corrected chi connectivity index (χ4v) is 3.83. The number of rotatable bonds is 4. The van der Waals surface area contributed by atoms with E-state index in [9.17, 15) is 24.5 Å².